The van der Waals surface area contributed by atoms with E-state index in [4.69, 9.17) is 15.4 Å². The van der Waals surface area contributed by atoms with E-state index in [9.17, 15) is 13.2 Å². The van der Waals surface area contributed by atoms with Crippen molar-refractivity contribution in [3.8, 4) is 0 Å². The maximum atomic E-state index is 11.1. The summed E-state index contributed by atoms with van der Waals surface area (Å²) in [6, 6.07) is 7.29. The first-order valence-electron chi connectivity index (χ1n) is 11.7. The van der Waals surface area contributed by atoms with Gasteiger partial charge in [-0.05, 0) is 86.2 Å². The topological polar surface area (TPSA) is 118 Å². The fourth-order valence-corrected chi connectivity index (χ4v) is 9.37. The number of aliphatic carboxylic acids is 1. The molecule has 3 atom stereocenters. The van der Waals surface area contributed by atoms with Crippen molar-refractivity contribution in [2.45, 2.75) is 80.7 Å². The minimum Gasteiger partial charge on any atom is -0.480 e. The van der Waals surface area contributed by atoms with Gasteiger partial charge in [-0.15, -0.1) is 0 Å². The molecule has 2 unspecified atom stereocenters. The lowest BCUT2D eigenvalue weighted by molar-refractivity contribution is -0.138. The number of thioether (sulfide) groups is 1. The van der Waals surface area contributed by atoms with Crippen molar-refractivity contribution in [1.29, 1.82) is 0 Å². The Hall–Kier alpha value is -1.09. The molecule has 8 heteroatoms. The van der Waals surface area contributed by atoms with Crippen molar-refractivity contribution in [3.05, 3.63) is 35.4 Å². The largest absolute Gasteiger partial charge is 0.480 e. The lowest BCUT2D eigenvalue weighted by Gasteiger charge is -2.62. The van der Waals surface area contributed by atoms with E-state index in [2.05, 4.69) is 23.9 Å². The van der Waals surface area contributed by atoms with Gasteiger partial charge in [-0.2, -0.15) is 20.2 Å². The Bertz CT molecular complexity index is 933. The predicted octanol–water partition coefficient (Wildman–Crippen LogP) is 4.27. The van der Waals surface area contributed by atoms with Crippen molar-refractivity contribution in [2.75, 3.05) is 5.75 Å². The molecule has 4 N–H and O–H groups in total. The molecule has 0 aromatic heterocycles. The van der Waals surface area contributed by atoms with Crippen LogP contribution in [0.3, 0.4) is 0 Å². The number of unbranched alkanes of at least 4 members (excludes halogenated alkanes) is 1. The molecule has 0 spiro atoms. The fraction of sp³-hybridized carbons (Fsp3) is 0.708. The number of carbonyl (C=O) groups is 1. The van der Waals surface area contributed by atoms with E-state index < -0.39 is 22.1 Å². The van der Waals surface area contributed by atoms with E-state index in [1.54, 1.807) is 0 Å². The van der Waals surface area contributed by atoms with Gasteiger partial charge in [0.25, 0.3) is 10.1 Å². The SMILES string of the molecule is N[C@@H](Cc1cccc(CSC23CC4CC(CC(CCCCS(=O)(=O)O)(C4)C2)C3)c1)C(=O)O. The molecule has 0 radical (unpaired) electrons. The first-order valence-corrected chi connectivity index (χ1v) is 14.3. The van der Waals surface area contributed by atoms with Crippen molar-refractivity contribution < 1.29 is 22.9 Å². The number of hydrogen-bond donors (Lipinski definition) is 3. The van der Waals surface area contributed by atoms with Gasteiger partial charge in [-0.25, -0.2) is 0 Å². The van der Waals surface area contributed by atoms with E-state index in [1.165, 1.54) is 44.1 Å². The van der Waals surface area contributed by atoms with Gasteiger partial charge in [0.05, 0.1) is 5.75 Å². The van der Waals surface area contributed by atoms with Crippen molar-refractivity contribution in [1.82, 2.24) is 0 Å². The molecule has 0 heterocycles. The molecule has 5 rings (SSSR count). The summed E-state index contributed by atoms with van der Waals surface area (Å²) in [7, 11) is -3.86. The van der Waals surface area contributed by atoms with Gasteiger partial charge in [-0.3, -0.25) is 9.35 Å². The third-order valence-electron chi connectivity index (χ3n) is 7.80. The van der Waals surface area contributed by atoms with Crippen molar-refractivity contribution in [2.24, 2.45) is 23.0 Å². The van der Waals surface area contributed by atoms with Crippen LogP contribution in [-0.4, -0.2) is 40.6 Å². The standard InChI is InChI=1S/C24H35NO5S2/c25-21(22(26)27)10-17-4-3-5-18(8-17)15-31-24-13-19-9-20(14-24)12-23(11-19,16-24)6-1-2-7-32(28,29)30/h3-5,8,19-21H,1-2,6-7,9-16,25H2,(H,26,27)(H,28,29,30)/t19?,20?,21-,23?,24?/m0/s1. The van der Waals surface area contributed by atoms with E-state index in [-0.39, 0.29) is 5.75 Å². The summed E-state index contributed by atoms with van der Waals surface area (Å²) in [6.45, 7) is 0. The summed E-state index contributed by atoms with van der Waals surface area (Å²) in [5, 5.41) is 9.08. The van der Waals surface area contributed by atoms with Crippen LogP contribution < -0.4 is 5.73 Å². The average Bonchev–Trinajstić information content (AvgIpc) is 2.68. The third-order valence-corrected chi connectivity index (χ3v) is 10.2. The van der Waals surface area contributed by atoms with Crippen LogP contribution in [0.25, 0.3) is 0 Å². The minimum absolute atomic E-state index is 0.127. The summed E-state index contributed by atoms with van der Waals surface area (Å²) >= 11 is 2.08. The van der Waals surface area contributed by atoms with Crippen molar-refractivity contribution in [3.63, 3.8) is 0 Å². The Morgan fingerprint density at radius 1 is 1.16 bits per heavy atom. The molecule has 0 saturated heterocycles. The smallest absolute Gasteiger partial charge is 0.320 e. The zero-order valence-electron chi connectivity index (χ0n) is 18.5. The number of hydrogen-bond acceptors (Lipinski definition) is 5. The summed E-state index contributed by atoms with van der Waals surface area (Å²) in [5.41, 5.74) is 8.25. The number of benzene rings is 1. The maximum absolute atomic E-state index is 11.1. The molecule has 32 heavy (non-hydrogen) atoms. The molecule has 0 amide bonds. The van der Waals surface area contributed by atoms with Crippen LogP contribution in [0.2, 0.25) is 0 Å². The zero-order valence-corrected chi connectivity index (χ0v) is 20.2. The van der Waals surface area contributed by atoms with Crippen LogP contribution in [0.4, 0.5) is 0 Å². The highest BCUT2D eigenvalue weighted by molar-refractivity contribution is 7.99. The predicted molar refractivity (Wildman–Crippen MR) is 127 cm³/mol. The van der Waals surface area contributed by atoms with Crippen LogP contribution in [0.15, 0.2) is 24.3 Å². The Kier molecular flexibility index (Phi) is 6.97. The van der Waals surface area contributed by atoms with Crippen LogP contribution in [0.5, 0.6) is 0 Å². The van der Waals surface area contributed by atoms with Gasteiger partial charge in [0, 0.05) is 10.5 Å². The summed E-state index contributed by atoms with van der Waals surface area (Å²) < 4.78 is 31.4. The van der Waals surface area contributed by atoms with Crippen LogP contribution in [-0.2, 0) is 27.1 Å². The average molecular weight is 482 g/mol. The monoisotopic (exact) mass is 481 g/mol. The van der Waals surface area contributed by atoms with Crippen LogP contribution >= 0.6 is 11.8 Å². The highest BCUT2D eigenvalue weighted by atomic mass is 32.2. The Morgan fingerprint density at radius 2 is 1.84 bits per heavy atom. The van der Waals surface area contributed by atoms with Crippen LogP contribution in [0.1, 0.15) is 68.9 Å². The number of rotatable bonds is 11. The fourth-order valence-electron chi connectivity index (χ4n) is 7.03. The molecule has 4 aliphatic rings. The third kappa shape index (κ3) is 5.88. The van der Waals surface area contributed by atoms with Gasteiger partial charge in [0.15, 0.2) is 0 Å². The molecular formula is C24H35NO5S2. The Morgan fingerprint density at radius 3 is 2.50 bits per heavy atom. The molecule has 1 aromatic carbocycles. The highest BCUT2D eigenvalue weighted by Gasteiger charge is 2.57. The van der Waals surface area contributed by atoms with E-state index in [1.807, 2.05) is 12.1 Å². The minimum atomic E-state index is -3.86. The van der Waals surface area contributed by atoms with E-state index in [0.717, 1.165) is 36.0 Å². The molecule has 1 aromatic rings. The van der Waals surface area contributed by atoms with E-state index in [0.29, 0.717) is 23.0 Å². The molecule has 178 valence electrons. The molecular weight excluding hydrogens is 446 g/mol. The second-order valence-electron chi connectivity index (χ2n) is 10.6. The first-order chi connectivity index (χ1) is 15.1. The molecule has 4 aliphatic carbocycles. The van der Waals surface area contributed by atoms with Gasteiger partial charge in [-0.1, -0.05) is 30.7 Å². The normalized spacial score (nSPS) is 32.2. The van der Waals surface area contributed by atoms with E-state index >= 15 is 0 Å². The van der Waals surface area contributed by atoms with Gasteiger partial charge in [0.1, 0.15) is 6.04 Å². The molecule has 6 nitrogen and oxygen atoms in total. The number of nitrogens with two attached hydrogens (primary N) is 1. The van der Waals surface area contributed by atoms with Gasteiger partial charge < -0.3 is 10.8 Å². The number of carboxylic acids is 1. The second-order valence-corrected chi connectivity index (χ2v) is 13.7. The summed E-state index contributed by atoms with van der Waals surface area (Å²) in [5.74, 6) is 1.39. The zero-order chi connectivity index (χ0) is 23.0. The Labute approximate surface area is 195 Å². The lowest BCUT2D eigenvalue weighted by atomic mass is 9.48. The van der Waals surface area contributed by atoms with Gasteiger partial charge >= 0.3 is 5.97 Å². The van der Waals surface area contributed by atoms with Gasteiger partial charge in [0.2, 0.25) is 0 Å². The molecule has 4 bridgehead atoms. The summed E-state index contributed by atoms with van der Waals surface area (Å²) in [4.78, 5) is 11.1. The maximum Gasteiger partial charge on any atom is 0.320 e. The van der Waals surface area contributed by atoms with Crippen LogP contribution in [0, 0.1) is 17.3 Å². The molecule has 4 fully saturated rings. The first kappa shape index (κ1) is 24.0. The number of carboxylic acid groups (broad SMARTS) is 1. The second kappa shape index (κ2) is 9.28. The summed E-state index contributed by atoms with van der Waals surface area (Å²) in [6.07, 6.45) is 10.5. The molecule has 4 saturated carbocycles. The van der Waals surface area contributed by atoms with Crippen molar-refractivity contribution >= 4 is 27.8 Å². The lowest BCUT2D eigenvalue weighted by Crippen LogP contribution is -2.54. The highest BCUT2D eigenvalue weighted by Crippen LogP contribution is 2.67. The Balaban J connectivity index is 1.38. The quantitative estimate of drug-likeness (QED) is 0.319. The molecule has 0 aliphatic heterocycles.